The summed E-state index contributed by atoms with van der Waals surface area (Å²) in [5.74, 6) is 0. The van der Waals surface area contributed by atoms with E-state index in [-0.39, 0.29) is 27.9 Å². The van der Waals surface area contributed by atoms with Crippen molar-refractivity contribution in [2.75, 3.05) is 14.6 Å². The third kappa shape index (κ3) is 4.59. The van der Waals surface area contributed by atoms with Gasteiger partial charge < -0.3 is 19.6 Å². The Labute approximate surface area is 291 Å². The second kappa shape index (κ2) is 11.4. The summed E-state index contributed by atoms with van der Waals surface area (Å²) in [6.07, 6.45) is 1.88. The van der Waals surface area contributed by atoms with Crippen LogP contribution in [0.5, 0.6) is 0 Å². The molecule has 4 heterocycles. The number of allylic oxidation sites excluding steroid dienone is 2. The SMILES string of the molecule is CC1=C(C)N(c2ccccc2)[CH-]N1c1[c-]c2c(cc1)-c1ccccc1B1c3ccccc3-c3ccc(-c4cc(C)ccn4)[c-]c3N12.[Pt]. The van der Waals surface area contributed by atoms with Gasteiger partial charge in [0.25, 0.3) is 0 Å². The Bertz CT molecular complexity index is 2210. The summed E-state index contributed by atoms with van der Waals surface area (Å²) < 4.78 is 0. The molecular formula is C41H30BN4Pt-3. The summed E-state index contributed by atoms with van der Waals surface area (Å²) in [5.41, 5.74) is 17.1. The molecule has 6 aromatic rings. The van der Waals surface area contributed by atoms with Crippen LogP contribution < -0.4 is 25.5 Å². The zero-order valence-corrected chi connectivity index (χ0v) is 28.6. The zero-order chi connectivity index (χ0) is 30.9. The molecule has 1 aromatic heterocycles. The Morgan fingerprint density at radius 1 is 0.617 bits per heavy atom. The average molecular weight is 785 g/mol. The number of aromatic nitrogens is 1. The van der Waals surface area contributed by atoms with Crippen LogP contribution in [0.4, 0.5) is 22.7 Å². The summed E-state index contributed by atoms with van der Waals surface area (Å²) >= 11 is 0. The van der Waals surface area contributed by atoms with Gasteiger partial charge in [-0.3, -0.25) is 0 Å². The number of pyridine rings is 1. The van der Waals surface area contributed by atoms with Crippen LogP contribution in [0.15, 0.2) is 133 Å². The molecule has 0 atom stereocenters. The number of rotatable bonds is 3. The molecule has 0 aliphatic carbocycles. The van der Waals surface area contributed by atoms with Crippen molar-refractivity contribution >= 4 is 40.5 Å². The Morgan fingerprint density at radius 2 is 1.23 bits per heavy atom. The van der Waals surface area contributed by atoms with Gasteiger partial charge in [0, 0.05) is 44.3 Å². The maximum atomic E-state index is 4.72. The van der Waals surface area contributed by atoms with Crippen molar-refractivity contribution in [3.8, 4) is 33.5 Å². The van der Waals surface area contributed by atoms with Gasteiger partial charge in [0.15, 0.2) is 0 Å². The zero-order valence-electron chi connectivity index (χ0n) is 26.3. The molecule has 230 valence electrons. The molecule has 0 spiro atoms. The fourth-order valence-corrected chi connectivity index (χ4v) is 7.25. The van der Waals surface area contributed by atoms with Crippen molar-refractivity contribution in [2.45, 2.75) is 20.8 Å². The number of fused-ring (bicyclic) bond motifs is 11. The van der Waals surface area contributed by atoms with E-state index in [1.807, 2.05) is 12.3 Å². The van der Waals surface area contributed by atoms with Gasteiger partial charge in [-0.1, -0.05) is 117 Å². The fourth-order valence-electron chi connectivity index (χ4n) is 7.25. The number of benzene rings is 5. The van der Waals surface area contributed by atoms with E-state index in [0.29, 0.717) is 0 Å². The molecule has 47 heavy (non-hydrogen) atoms. The van der Waals surface area contributed by atoms with E-state index in [2.05, 4.69) is 163 Å². The quantitative estimate of drug-likeness (QED) is 0.133. The van der Waals surface area contributed by atoms with Gasteiger partial charge in [0.1, 0.15) is 0 Å². The van der Waals surface area contributed by atoms with Crippen LogP contribution >= 0.6 is 0 Å². The van der Waals surface area contributed by atoms with E-state index >= 15 is 0 Å². The van der Waals surface area contributed by atoms with Gasteiger partial charge >= 0.3 is 6.85 Å². The van der Waals surface area contributed by atoms with Gasteiger partial charge in [-0.05, 0) is 44.7 Å². The predicted molar refractivity (Wildman–Crippen MR) is 191 cm³/mol. The van der Waals surface area contributed by atoms with Gasteiger partial charge in [0.05, 0.1) is 0 Å². The summed E-state index contributed by atoms with van der Waals surface area (Å²) in [7, 11) is 0. The van der Waals surface area contributed by atoms with Crippen molar-refractivity contribution < 1.29 is 21.1 Å². The predicted octanol–water partition coefficient (Wildman–Crippen LogP) is 8.26. The molecular weight excluding hydrogens is 754 g/mol. The monoisotopic (exact) mass is 784 g/mol. The first-order chi connectivity index (χ1) is 22.6. The molecule has 0 fully saturated rings. The van der Waals surface area contributed by atoms with E-state index in [4.69, 9.17) is 4.98 Å². The van der Waals surface area contributed by atoms with Crippen molar-refractivity contribution in [3.63, 3.8) is 0 Å². The summed E-state index contributed by atoms with van der Waals surface area (Å²) in [6.45, 7) is 8.63. The molecule has 0 saturated heterocycles. The van der Waals surface area contributed by atoms with Crippen LogP contribution in [0, 0.1) is 25.7 Å². The Hall–Kier alpha value is -4.86. The van der Waals surface area contributed by atoms with Gasteiger partial charge in [-0.15, -0.1) is 53.8 Å². The molecule has 0 bridgehead atoms. The van der Waals surface area contributed by atoms with Crippen LogP contribution in [0.3, 0.4) is 0 Å². The molecule has 0 saturated carbocycles. The third-order valence-electron chi connectivity index (χ3n) is 9.63. The molecule has 0 amide bonds. The fraction of sp³-hybridized carbons (Fsp3) is 0.0732. The topological polar surface area (TPSA) is 22.6 Å². The van der Waals surface area contributed by atoms with Crippen LogP contribution in [-0.4, -0.2) is 11.8 Å². The molecule has 0 unspecified atom stereocenters. The van der Waals surface area contributed by atoms with Gasteiger partial charge in [-0.25, -0.2) is 0 Å². The van der Waals surface area contributed by atoms with Crippen LogP contribution in [-0.2, 0) is 21.1 Å². The first kappa shape index (κ1) is 29.5. The van der Waals surface area contributed by atoms with E-state index < -0.39 is 0 Å². The largest absolute Gasteiger partial charge is 0.497 e. The molecule has 4 nitrogen and oxygen atoms in total. The van der Waals surface area contributed by atoms with E-state index in [1.165, 1.54) is 50.1 Å². The molecule has 0 N–H and O–H groups in total. The van der Waals surface area contributed by atoms with Crippen molar-refractivity contribution in [1.29, 1.82) is 0 Å². The van der Waals surface area contributed by atoms with Gasteiger partial charge in [-0.2, -0.15) is 6.07 Å². The number of hydrogen-bond acceptors (Lipinski definition) is 4. The standard InChI is InChI=1S/C41H30BN4.Pt/c1-27-21-22-43-39(23-27)30-17-19-35-33-13-7-9-15-37(33)42-38-16-10-8-14-34(38)36-20-18-32(25-41(36)46(42)40(35)24-30)45-26-44(28(2)29(45)3)31-11-5-4-6-12-31;/h4-23,26H,1-3H3;/q-3;. The first-order valence-electron chi connectivity index (χ1n) is 15.8. The number of anilines is 4. The minimum Gasteiger partial charge on any atom is -0.497 e. The minimum atomic E-state index is -0.0161. The molecule has 0 radical (unpaired) electrons. The van der Waals surface area contributed by atoms with Crippen LogP contribution in [0.25, 0.3) is 33.5 Å². The number of para-hydroxylation sites is 1. The molecule has 3 aliphatic heterocycles. The molecule has 3 aliphatic rings. The van der Waals surface area contributed by atoms with E-state index in [9.17, 15) is 0 Å². The second-order valence-electron chi connectivity index (χ2n) is 12.3. The van der Waals surface area contributed by atoms with E-state index in [0.717, 1.165) is 34.0 Å². The first-order valence-corrected chi connectivity index (χ1v) is 15.8. The summed E-state index contributed by atoms with van der Waals surface area (Å²) in [5, 5.41) is 0. The smallest absolute Gasteiger partial charge is 0.324 e. The number of aryl methyl sites for hydroxylation is 1. The summed E-state index contributed by atoms with van der Waals surface area (Å²) in [4.78, 5) is 11.7. The van der Waals surface area contributed by atoms with Crippen molar-refractivity contribution in [3.05, 3.63) is 157 Å². The maximum absolute atomic E-state index is 4.72. The third-order valence-corrected chi connectivity index (χ3v) is 9.63. The molecule has 5 aromatic carbocycles. The van der Waals surface area contributed by atoms with Crippen LogP contribution in [0.2, 0.25) is 0 Å². The minimum absolute atomic E-state index is 0. The number of nitrogens with zero attached hydrogens (tertiary/aromatic N) is 4. The Kier molecular flexibility index (Phi) is 7.19. The van der Waals surface area contributed by atoms with E-state index in [1.54, 1.807) is 0 Å². The molecule has 6 heteroatoms. The maximum Gasteiger partial charge on any atom is 0.324 e. The molecule has 9 rings (SSSR count). The number of hydrogen-bond donors (Lipinski definition) is 0. The normalized spacial score (nSPS) is 14.2. The van der Waals surface area contributed by atoms with Gasteiger partial charge in [0.2, 0.25) is 0 Å². The Balaban J connectivity index is 0.00000324. The summed E-state index contributed by atoms with van der Waals surface area (Å²) in [6, 6.07) is 49.0. The van der Waals surface area contributed by atoms with Crippen molar-refractivity contribution in [2.24, 2.45) is 0 Å². The second-order valence-corrected chi connectivity index (χ2v) is 12.3. The Morgan fingerprint density at radius 3 is 1.94 bits per heavy atom. The van der Waals surface area contributed by atoms with Crippen LogP contribution in [0.1, 0.15) is 19.4 Å². The van der Waals surface area contributed by atoms with Crippen molar-refractivity contribution in [1.82, 2.24) is 4.98 Å². The average Bonchev–Trinajstić information content (AvgIpc) is 3.41.